The quantitative estimate of drug-likeness (QED) is 0.440. The number of anilines is 3. The molecule has 1 aromatic heterocycles. The predicted molar refractivity (Wildman–Crippen MR) is 67.9 cm³/mol. The number of aliphatic hydroxyl groups excluding tert-OH is 1. The largest absolute Gasteiger partial charge is 0.481 e. The smallest absolute Gasteiger partial charge is 0.308 e. The number of rotatable bonds is 5. The van der Waals surface area contributed by atoms with Gasteiger partial charge in [0.25, 0.3) is 5.56 Å². The average Bonchev–Trinajstić information content (AvgIpc) is 2.72. The van der Waals surface area contributed by atoms with Gasteiger partial charge < -0.3 is 26.2 Å². The van der Waals surface area contributed by atoms with E-state index in [0.29, 0.717) is 5.82 Å². The van der Waals surface area contributed by atoms with E-state index in [1.54, 1.807) is 4.90 Å². The lowest BCUT2D eigenvalue weighted by molar-refractivity contribution is -0.141. The molecule has 0 aliphatic carbocycles. The number of aliphatic carboxylic acids is 1. The fourth-order valence-corrected chi connectivity index (χ4v) is 1.98. The maximum absolute atomic E-state index is 11.6. The number of hydrogen-bond acceptors (Lipinski definition) is 7. The molecule has 1 unspecified atom stereocenters. The zero-order valence-corrected chi connectivity index (χ0v) is 10.1. The Kier molecular flexibility index (Phi) is 3.56. The van der Waals surface area contributed by atoms with E-state index in [2.05, 4.69) is 15.3 Å². The van der Waals surface area contributed by atoms with Gasteiger partial charge in [-0.15, -0.1) is 0 Å². The van der Waals surface area contributed by atoms with Crippen molar-refractivity contribution in [2.75, 3.05) is 35.8 Å². The maximum atomic E-state index is 11.6. The van der Waals surface area contributed by atoms with E-state index in [4.69, 9.17) is 15.9 Å². The molecule has 0 spiro atoms. The van der Waals surface area contributed by atoms with Crippen LogP contribution in [0.25, 0.3) is 0 Å². The van der Waals surface area contributed by atoms with Crippen molar-refractivity contribution in [3.05, 3.63) is 10.4 Å². The van der Waals surface area contributed by atoms with Crippen molar-refractivity contribution in [3.63, 3.8) is 0 Å². The first-order chi connectivity index (χ1) is 9.02. The molecule has 1 atom stereocenters. The standard InChI is InChI=1S/C10H15N5O4/c11-10-13-7-6(8(17)14-10)12-4-15(7)3-5(1-2-16)9(18)19/h5,12,16H,1-4H2,(H,18,19)(H3,11,13,14,17). The van der Waals surface area contributed by atoms with Crippen LogP contribution in [0.5, 0.6) is 0 Å². The monoisotopic (exact) mass is 269 g/mol. The number of carbonyl (C=O) groups is 1. The van der Waals surface area contributed by atoms with E-state index in [1.165, 1.54) is 0 Å². The SMILES string of the molecule is Nc1nc2c(c(=O)[nH]1)NCN2CC(CCO)C(=O)O. The minimum atomic E-state index is -1.000. The van der Waals surface area contributed by atoms with Gasteiger partial charge in [-0.3, -0.25) is 14.6 Å². The topological polar surface area (TPSA) is 145 Å². The number of nitrogens with one attached hydrogen (secondary N) is 2. The Labute approximate surface area is 108 Å². The summed E-state index contributed by atoms with van der Waals surface area (Å²) in [7, 11) is 0. The van der Waals surface area contributed by atoms with Crippen LogP contribution in [0.15, 0.2) is 4.79 Å². The summed E-state index contributed by atoms with van der Waals surface area (Å²) in [5, 5.41) is 20.7. The molecule has 2 rings (SSSR count). The lowest BCUT2D eigenvalue weighted by Gasteiger charge is -2.21. The van der Waals surface area contributed by atoms with Crippen molar-refractivity contribution in [3.8, 4) is 0 Å². The molecule has 0 fully saturated rings. The molecule has 1 aliphatic heterocycles. The van der Waals surface area contributed by atoms with E-state index < -0.39 is 11.9 Å². The number of aliphatic hydroxyl groups is 1. The summed E-state index contributed by atoms with van der Waals surface area (Å²) < 4.78 is 0. The summed E-state index contributed by atoms with van der Waals surface area (Å²) in [5.74, 6) is -1.42. The highest BCUT2D eigenvalue weighted by Gasteiger charge is 2.28. The summed E-state index contributed by atoms with van der Waals surface area (Å²) in [4.78, 5) is 30.6. The molecule has 0 aromatic carbocycles. The van der Waals surface area contributed by atoms with Crippen LogP contribution in [0.1, 0.15) is 6.42 Å². The number of hydrogen-bond donors (Lipinski definition) is 5. The van der Waals surface area contributed by atoms with Crippen molar-refractivity contribution in [2.24, 2.45) is 5.92 Å². The van der Waals surface area contributed by atoms with Crippen molar-refractivity contribution in [1.29, 1.82) is 0 Å². The number of fused-ring (bicyclic) bond motifs is 1. The summed E-state index contributed by atoms with van der Waals surface area (Å²) >= 11 is 0. The number of H-pyrrole nitrogens is 1. The highest BCUT2D eigenvalue weighted by molar-refractivity contribution is 5.74. The zero-order chi connectivity index (χ0) is 14.0. The Hall–Kier alpha value is -2.29. The van der Waals surface area contributed by atoms with E-state index in [0.717, 1.165) is 0 Å². The number of carboxylic acid groups (broad SMARTS) is 1. The highest BCUT2D eigenvalue weighted by Crippen LogP contribution is 2.26. The van der Waals surface area contributed by atoms with Gasteiger partial charge in [-0.25, -0.2) is 0 Å². The van der Waals surface area contributed by atoms with Gasteiger partial charge in [-0.2, -0.15) is 4.98 Å². The number of carboxylic acids is 1. The van der Waals surface area contributed by atoms with Gasteiger partial charge in [0.15, 0.2) is 5.82 Å². The summed E-state index contributed by atoms with van der Waals surface area (Å²) in [6, 6.07) is 0. The molecule has 2 heterocycles. The average molecular weight is 269 g/mol. The van der Waals surface area contributed by atoms with E-state index in [-0.39, 0.29) is 43.4 Å². The first-order valence-electron chi connectivity index (χ1n) is 5.75. The molecule has 9 nitrogen and oxygen atoms in total. The summed E-state index contributed by atoms with van der Waals surface area (Å²) in [5.41, 5.74) is 5.36. The van der Waals surface area contributed by atoms with Crippen molar-refractivity contribution >= 4 is 23.4 Å². The van der Waals surface area contributed by atoms with E-state index in [1.807, 2.05) is 0 Å². The number of aromatic amines is 1. The third kappa shape index (κ3) is 2.60. The Morgan fingerprint density at radius 1 is 1.58 bits per heavy atom. The normalized spacial score (nSPS) is 14.9. The maximum Gasteiger partial charge on any atom is 0.308 e. The van der Waals surface area contributed by atoms with Crippen LogP contribution in [-0.2, 0) is 4.79 Å². The molecule has 9 heteroatoms. The van der Waals surface area contributed by atoms with Crippen LogP contribution in [-0.4, -0.2) is 46.0 Å². The molecular formula is C10H15N5O4. The lowest BCUT2D eigenvalue weighted by atomic mass is 10.1. The summed E-state index contributed by atoms with van der Waals surface area (Å²) in [6.07, 6.45) is 0.139. The van der Waals surface area contributed by atoms with Gasteiger partial charge in [0.1, 0.15) is 5.69 Å². The molecule has 104 valence electrons. The molecule has 0 bridgehead atoms. The highest BCUT2D eigenvalue weighted by atomic mass is 16.4. The third-order valence-electron chi connectivity index (χ3n) is 2.93. The Morgan fingerprint density at radius 3 is 2.95 bits per heavy atom. The first-order valence-corrected chi connectivity index (χ1v) is 5.75. The number of aromatic nitrogens is 2. The fraction of sp³-hybridized carbons (Fsp3) is 0.500. The molecule has 0 saturated carbocycles. The lowest BCUT2D eigenvalue weighted by Crippen LogP contribution is -2.34. The van der Waals surface area contributed by atoms with Crippen molar-refractivity contribution in [2.45, 2.75) is 6.42 Å². The molecule has 0 radical (unpaired) electrons. The van der Waals surface area contributed by atoms with E-state index in [9.17, 15) is 9.59 Å². The van der Waals surface area contributed by atoms with Gasteiger partial charge in [0, 0.05) is 13.2 Å². The van der Waals surface area contributed by atoms with Crippen LogP contribution in [0.2, 0.25) is 0 Å². The minimum Gasteiger partial charge on any atom is -0.481 e. The van der Waals surface area contributed by atoms with Gasteiger partial charge in [0.2, 0.25) is 5.95 Å². The summed E-state index contributed by atoms with van der Waals surface area (Å²) in [6.45, 7) is 0.214. The Morgan fingerprint density at radius 2 is 2.32 bits per heavy atom. The molecule has 1 aliphatic rings. The van der Waals surface area contributed by atoms with Gasteiger partial charge in [-0.05, 0) is 6.42 Å². The van der Waals surface area contributed by atoms with Gasteiger partial charge in [0.05, 0.1) is 12.6 Å². The number of nitrogens with two attached hydrogens (primary N) is 1. The zero-order valence-electron chi connectivity index (χ0n) is 10.1. The van der Waals surface area contributed by atoms with Crippen LogP contribution < -0.4 is 21.5 Å². The number of nitrogens with zero attached hydrogens (tertiary/aromatic N) is 2. The Bertz CT molecular complexity index is 543. The van der Waals surface area contributed by atoms with Crippen molar-refractivity contribution < 1.29 is 15.0 Å². The fourth-order valence-electron chi connectivity index (χ4n) is 1.98. The second kappa shape index (κ2) is 5.14. The van der Waals surface area contributed by atoms with Crippen LogP contribution in [0.4, 0.5) is 17.5 Å². The van der Waals surface area contributed by atoms with E-state index >= 15 is 0 Å². The van der Waals surface area contributed by atoms with Gasteiger partial charge >= 0.3 is 5.97 Å². The Balaban J connectivity index is 2.22. The number of nitrogen functional groups attached to an aromatic ring is 1. The third-order valence-corrected chi connectivity index (χ3v) is 2.93. The van der Waals surface area contributed by atoms with Crippen molar-refractivity contribution in [1.82, 2.24) is 9.97 Å². The van der Waals surface area contributed by atoms with Gasteiger partial charge in [-0.1, -0.05) is 0 Å². The van der Waals surface area contributed by atoms with Crippen LogP contribution >= 0.6 is 0 Å². The molecule has 19 heavy (non-hydrogen) atoms. The van der Waals surface area contributed by atoms with Crippen LogP contribution in [0.3, 0.4) is 0 Å². The van der Waals surface area contributed by atoms with Crippen LogP contribution in [0, 0.1) is 5.92 Å². The molecular weight excluding hydrogens is 254 g/mol. The molecule has 0 saturated heterocycles. The predicted octanol–water partition coefficient (Wildman–Crippen LogP) is -1.38. The minimum absolute atomic E-state index is 0.0218. The first kappa shape index (κ1) is 13.1. The second-order valence-corrected chi connectivity index (χ2v) is 4.25. The second-order valence-electron chi connectivity index (χ2n) is 4.25. The molecule has 6 N–H and O–H groups in total. The molecule has 1 aromatic rings. The molecule has 0 amide bonds.